The molecule has 1 aromatic heterocycles. The lowest BCUT2D eigenvalue weighted by Crippen LogP contribution is -2.47. The highest BCUT2D eigenvalue weighted by atomic mass is 16.5. The molecule has 0 saturated carbocycles. The molecule has 2 amide bonds. The molecular weight excluding hydrogens is 346 g/mol. The van der Waals surface area contributed by atoms with Gasteiger partial charge in [0.1, 0.15) is 11.5 Å². The molecule has 0 spiro atoms. The molecule has 27 heavy (non-hydrogen) atoms. The summed E-state index contributed by atoms with van der Waals surface area (Å²) in [4.78, 5) is 16.6. The minimum atomic E-state index is -0.257. The number of urea groups is 1. The van der Waals surface area contributed by atoms with Gasteiger partial charge in [0.15, 0.2) is 5.82 Å². The third kappa shape index (κ3) is 5.62. The van der Waals surface area contributed by atoms with Crippen LogP contribution in [0.3, 0.4) is 0 Å². The molecule has 8 nitrogen and oxygen atoms in total. The van der Waals surface area contributed by atoms with Gasteiger partial charge in [-0.05, 0) is 44.2 Å². The molecule has 0 aliphatic carbocycles. The van der Waals surface area contributed by atoms with Crippen LogP contribution in [0.1, 0.15) is 12.2 Å². The predicted octanol–water partition coefficient (Wildman–Crippen LogP) is 2.33. The molecule has 1 aliphatic rings. The number of nitrogens with zero attached hydrogens (tertiary/aromatic N) is 3. The molecule has 0 radical (unpaired) electrons. The monoisotopic (exact) mass is 373 g/mol. The first-order valence-corrected chi connectivity index (χ1v) is 9.23. The number of ether oxygens (including phenoxy) is 1. The Bertz CT molecular complexity index is 723. The van der Waals surface area contributed by atoms with E-state index in [9.17, 15) is 4.79 Å². The second kappa shape index (κ2) is 9.27. The van der Waals surface area contributed by atoms with Gasteiger partial charge in [0.25, 0.3) is 0 Å². The van der Waals surface area contributed by atoms with E-state index < -0.39 is 0 Å². The lowest BCUT2D eigenvalue weighted by atomic mass is 10.2. The fraction of sp³-hybridized carbons (Fsp3) is 0.474. The van der Waals surface area contributed by atoms with E-state index in [1.165, 1.54) is 5.69 Å². The third-order valence-electron chi connectivity index (χ3n) is 4.62. The highest BCUT2D eigenvalue weighted by Crippen LogP contribution is 2.20. The Morgan fingerprint density at radius 1 is 1.22 bits per heavy atom. The maximum Gasteiger partial charge on any atom is 0.320 e. The van der Waals surface area contributed by atoms with Gasteiger partial charge in [0.05, 0.1) is 7.11 Å². The van der Waals surface area contributed by atoms with Crippen molar-refractivity contribution in [3.05, 3.63) is 36.1 Å². The smallest absolute Gasteiger partial charge is 0.320 e. The number of aromatic nitrogens is 1. The summed E-state index contributed by atoms with van der Waals surface area (Å²) < 4.78 is 10.1. The fourth-order valence-electron chi connectivity index (χ4n) is 3.11. The van der Waals surface area contributed by atoms with Gasteiger partial charge < -0.3 is 19.5 Å². The Hall–Kier alpha value is -2.74. The van der Waals surface area contributed by atoms with Gasteiger partial charge in [0, 0.05) is 44.5 Å². The number of hydrogen-bond acceptors (Lipinski definition) is 6. The highest BCUT2D eigenvalue weighted by Gasteiger charge is 2.17. The lowest BCUT2D eigenvalue weighted by Gasteiger charge is -2.36. The first-order chi connectivity index (χ1) is 13.1. The number of carbonyl (C=O) groups is 1. The molecule has 8 heteroatoms. The molecule has 1 saturated heterocycles. The summed E-state index contributed by atoms with van der Waals surface area (Å²) in [6.07, 6.45) is 0.911. The third-order valence-corrected chi connectivity index (χ3v) is 4.62. The molecule has 2 heterocycles. The van der Waals surface area contributed by atoms with Gasteiger partial charge in [-0.1, -0.05) is 5.16 Å². The molecule has 1 aromatic carbocycles. The minimum absolute atomic E-state index is 0.257. The molecule has 1 aliphatic heterocycles. The molecule has 0 atom stereocenters. The molecule has 0 unspecified atom stereocenters. The Labute approximate surface area is 159 Å². The second-order valence-corrected chi connectivity index (χ2v) is 6.58. The number of methoxy groups -OCH3 is 1. The van der Waals surface area contributed by atoms with Crippen LogP contribution >= 0.6 is 0 Å². The highest BCUT2D eigenvalue weighted by molar-refractivity contribution is 5.88. The molecule has 3 rings (SSSR count). The maximum absolute atomic E-state index is 11.8. The summed E-state index contributed by atoms with van der Waals surface area (Å²) in [5.41, 5.74) is 1.23. The Morgan fingerprint density at radius 3 is 2.59 bits per heavy atom. The number of amides is 2. The quantitative estimate of drug-likeness (QED) is 0.725. The van der Waals surface area contributed by atoms with Crippen molar-refractivity contribution in [3.8, 4) is 5.75 Å². The summed E-state index contributed by atoms with van der Waals surface area (Å²) in [7, 11) is 1.68. The van der Waals surface area contributed by atoms with Crippen molar-refractivity contribution in [2.45, 2.75) is 13.3 Å². The number of nitrogens with one attached hydrogen (secondary N) is 2. The van der Waals surface area contributed by atoms with E-state index in [-0.39, 0.29) is 6.03 Å². The zero-order valence-corrected chi connectivity index (χ0v) is 15.9. The van der Waals surface area contributed by atoms with Gasteiger partial charge in [-0.15, -0.1) is 0 Å². The van der Waals surface area contributed by atoms with Gasteiger partial charge in [0.2, 0.25) is 0 Å². The van der Waals surface area contributed by atoms with E-state index in [4.69, 9.17) is 9.26 Å². The Balaban J connectivity index is 1.30. The second-order valence-electron chi connectivity index (χ2n) is 6.58. The van der Waals surface area contributed by atoms with E-state index >= 15 is 0 Å². The number of aryl methyl sites for hydroxylation is 1. The van der Waals surface area contributed by atoms with Crippen LogP contribution in [0.2, 0.25) is 0 Å². The largest absolute Gasteiger partial charge is 0.497 e. The van der Waals surface area contributed by atoms with E-state index in [1.54, 1.807) is 20.1 Å². The molecule has 146 valence electrons. The van der Waals surface area contributed by atoms with Gasteiger partial charge in [-0.2, -0.15) is 0 Å². The Kier molecular flexibility index (Phi) is 6.54. The van der Waals surface area contributed by atoms with Crippen molar-refractivity contribution >= 4 is 17.5 Å². The summed E-state index contributed by atoms with van der Waals surface area (Å²) in [5, 5.41) is 9.23. The number of benzene rings is 1. The van der Waals surface area contributed by atoms with E-state index in [1.807, 2.05) is 12.1 Å². The number of anilines is 2. The topological polar surface area (TPSA) is 82.9 Å². The molecule has 1 fully saturated rings. The van der Waals surface area contributed by atoms with Crippen molar-refractivity contribution < 1.29 is 14.1 Å². The zero-order valence-electron chi connectivity index (χ0n) is 15.9. The van der Waals surface area contributed by atoms with Crippen LogP contribution in [0.4, 0.5) is 16.3 Å². The molecule has 2 aromatic rings. The van der Waals surface area contributed by atoms with Crippen LogP contribution in [-0.2, 0) is 0 Å². The van der Waals surface area contributed by atoms with Crippen molar-refractivity contribution in [3.63, 3.8) is 0 Å². The van der Waals surface area contributed by atoms with Gasteiger partial charge >= 0.3 is 6.03 Å². The lowest BCUT2D eigenvalue weighted by molar-refractivity contribution is 0.244. The number of carbonyl (C=O) groups excluding carboxylic acids is 1. The number of piperazine rings is 1. The van der Waals surface area contributed by atoms with Crippen LogP contribution in [0.15, 0.2) is 34.9 Å². The first-order valence-electron chi connectivity index (χ1n) is 9.23. The van der Waals surface area contributed by atoms with Crippen LogP contribution < -0.4 is 20.3 Å². The van der Waals surface area contributed by atoms with Gasteiger partial charge in [-0.25, -0.2) is 4.79 Å². The van der Waals surface area contributed by atoms with E-state index in [0.29, 0.717) is 18.1 Å². The average molecular weight is 373 g/mol. The fourth-order valence-corrected chi connectivity index (χ4v) is 3.11. The van der Waals surface area contributed by atoms with Crippen LogP contribution in [0.5, 0.6) is 5.75 Å². The molecule has 2 N–H and O–H groups in total. The van der Waals surface area contributed by atoms with Crippen LogP contribution in [0, 0.1) is 6.92 Å². The maximum atomic E-state index is 11.8. The number of rotatable bonds is 7. The molecular formula is C19H27N5O3. The first kappa shape index (κ1) is 19.0. The average Bonchev–Trinajstić information content (AvgIpc) is 3.10. The predicted molar refractivity (Wildman–Crippen MR) is 105 cm³/mol. The SMILES string of the molecule is COc1ccc(N2CCN(CCCNC(=O)Nc3cc(C)on3)CC2)cc1. The standard InChI is InChI=1S/C19H27N5O3/c1-15-14-18(22-27-15)21-19(25)20-8-3-9-23-10-12-24(13-11-23)16-4-6-17(26-2)7-5-16/h4-7,14H,3,8-13H2,1-2H3,(H2,20,21,22,25). The minimum Gasteiger partial charge on any atom is -0.497 e. The van der Waals surface area contributed by atoms with E-state index in [0.717, 1.165) is 44.9 Å². The van der Waals surface area contributed by atoms with Crippen molar-refractivity contribution in [2.24, 2.45) is 0 Å². The van der Waals surface area contributed by atoms with Crippen molar-refractivity contribution in [1.29, 1.82) is 0 Å². The van der Waals surface area contributed by atoms with Crippen LogP contribution in [0.25, 0.3) is 0 Å². The Morgan fingerprint density at radius 2 is 1.96 bits per heavy atom. The molecule has 0 bridgehead atoms. The summed E-state index contributed by atoms with van der Waals surface area (Å²) >= 11 is 0. The number of hydrogen-bond donors (Lipinski definition) is 2. The van der Waals surface area contributed by atoms with E-state index in [2.05, 4.69) is 37.7 Å². The summed E-state index contributed by atoms with van der Waals surface area (Å²) in [6.45, 7) is 7.44. The van der Waals surface area contributed by atoms with Crippen molar-refractivity contribution in [1.82, 2.24) is 15.4 Å². The van der Waals surface area contributed by atoms with Gasteiger partial charge in [-0.3, -0.25) is 10.2 Å². The zero-order chi connectivity index (χ0) is 19.1. The summed E-state index contributed by atoms with van der Waals surface area (Å²) in [5.74, 6) is 1.98. The summed E-state index contributed by atoms with van der Waals surface area (Å²) in [6, 6.07) is 9.63. The van der Waals surface area contributed by atoms with Crippen LogP contribution in [-0.4, -0.2) is 62.5 Å². The normalized spacial score (nSPS) is 14.8. The van der Waals surface area contributed by atoms with Crippen molar-refractivity contribution in [2.75, 3.05) is 56.6 Å².